The predicted molar refractivity (Wildman–Crippen MR) is 76.1 cm³/mol. The summed E-state index contributed by atoms with van der Waals surface area (Å²) in [4.78, 5) is 11.9. The minimum absolute atomic E-state index is 0.00845. The van der Waals surface area contributed by atoms with E-state index in [2.05, 4.69) is 0 Å². The van der Waals surface area contributed by atoms with E-state index in [1.165, 1.54) is 0 Å². The first kappa shape index (κ1) is 13.9. The Bertz CT molecular complexity index is 693. The van der Waals surface area contributed by atoms with Gasteiger partial charge in [-0.3, -0.25) is 0 Å². The zero-order valence-electron chi connectivity index (χ0n) is 10.5. The molecule has 20 heavy (non-hydrogen) atoms. The zero-order chi connectivity index (χ0) is 14.5. The van der Waals surface area contributed by atoms with Gasteiger partial charge in [0.15, 0.2) is 0 Å². The summed E-state index contributed by atoms with van der Waals surface area (Å²) in [7, 11) is 0. The first-order valence-corrected chi connectivity index (χ1v) is 6.20. The number of carbonyl (C=O) groups is 1. The number of halogens is 1. The number of nitrogens with two attached hydrogens (primary N) is 1. The van der Waals surface area contributed by atoms with Gasteiger partial charge in [0, 0.05) is 5.56 Å². The lowest BCUT2D eigenvalue weighted by Gasteiger charge is -2.08. The SMILES string of the molecule is N#Cc1ccccc1COC(=O)c1cccc(Cl)c1N. The molecule has 4 nitrogen and oxygen atoms in total. The lowest BCUT2D eigenvalue weighted by molar-refractivity contribution is 0.0474. The number of para-hydroxylation sites is 1. The summed E-state index contributed by atoms with van der Waals surface area (Å²) >= 11 is 5.85. The van der Waals surface area contributed by atoms with Crippen molar-refractivity contribution < 1.29 is 9.53 Å². The smallest absolute Gasteiger partial charge is 0.340 e. The highest BCUT2D eigenvalue weighted by molar-refractivity contribution is 6.33. The van der Waals surface area contributed by atoms with E-state index in [1.54, 1.807) is 42.5 Å². The summed E-state index contributed by atoms with van der Waals surface area (Å²) in [5.41, 5.74) is 7.24. The van der Waals surface area contributed by atoms with Crippen molar-refractivity contribution in [1.29, 1.82) is 5.26 Å². The quantitative estimate of drug-likeness (QED) is 0.694. The van der Waals surface area contributed by atoms with Crippen molar-refractivity contribution in [1.82, 2.24) is 0 Å². The number of nitriles is 1. The van der Waals surface area contributed by atoms with Crippen LogP contribution in [0, 0.1) is 11.3 Å². The van der Waals surface area contributed by atoms with Gasteiger partial charge in [0.05, 0.1) is 27.9 Å². The first-order valence-electron chi connectivity index (χ1n) is 5.82. The maximum Gasteiger partial charge on any atom is 0.340 e. The van der Waals surface area contributed by atoms with Crippen LogP contribution in [0.2, 0.25) is 5.02 Å². The van der Waals surface area contributed by atoms with Crippen LogP contribution in [0.5, 0.6) is 0 Å². The van der Waals surface area contributed by atoms with Crippen molar-refractivity contribution in [3.63, 3.8) is 0 Å². The molecule has 0 fully saturated rings. The van der Waals surface area contributed by atoms with Gasteiger partial charge >= 0.3 is 5.97 Å². The van der Waals surface area contributed by atoms with Crippen LogP contribution in [-0.2, 0) is 11.3 Å². The molecule has 0 unspecified atom stereocenters. The van der Waals surface area contributed by atoms with Gasteiger partial charge in [-0.05, 0) is 18.2 Å². The van der Waals surface area contributed by atoms with E-state index in [0.29, 0.717) is 16.1 Å². The summed E-state index contributed by atoms with van der Waals surface area (Å²) in [6.45, 7) is 0.00845. The Balaban J connectivity index is 2.13. The third-order valence-corrected chi connectivity index (χ3v) is 3.10. The number of nitrogen functional groups attached to an aromatic ring is 1. The van der Waals surface area contributed by atoms with Crippen LogP contribution in [0.25, 0.3) is 0 Å². The van der Waals surface area contributed by atoms with Crippen LogP contribution >= 0.6 is 11.6 Å². The minimum atomic E-state index is -0.572. The standard InChI is InChI=1S/C15H11ClN2O2/c16-13-7-3-6-12(14(13)18)15(19)20-9-11-5-2-1-4-10(11)8-17/h1-7H,9,18H2. The van der Waals surface area contributed by atoms with Crippen molar-refractivity contribution in [2.24, 2.45) is 0 Å². The van der Waals surface area contributed by atoms with Crippen molar-refractivity contribution in [2.45, 2.75) is 6.61 Å². The summed E-state index contributed by atoms with van der Waals surface area (Å²) in [6.07, 6.45) is 0. The molecule has 0 saturated heterocycles. The number of nitrogens with zero attached hydrogens (tertiary/aromatic N) is 1. The number of anilines is 1. The van der Waals surface area contributed by atoms with Crippen LogP contribution in [0.1, 0.15) is 21.5 Å². The van der Waals surface area contributed by atoms with E-state index in [9.17, 15) is 4.79 Å². The molecule has 0 saturated carbocycles. The number of hydrogen-bond donors (Lipinski definition) is 1. The van der Waals surface area contributed by atoms with Gasteiger partial charge in [0.25, 0.3) is 0 Å². The molecule has 2 rings (SSSR count). The van der Waals surface area contributed by atoms with E-state index in [-0.39, 0.29) is 17.9 Å². The highest BCUT2D eigenvalue weighted by atomic mass is 35.5. The maximum absolute atomic E-state index is 11.9. The molecule has 0 bridgehead atoms. The third kappa shape index (κ3) is 2.90. The van der Waals surface area contributed by atoms with Crippen LogP contribution in [-0.4, -0.2) is 5.97 Å². The van der Waals surface area contributed by atoms with Crippen LogP contribution in [0.4, 0.5) is 5.69 Å². The molecular weight excluding hydrogens is 276 g/mol. The highest BCUT2D eigenvalue weighted by Crippen LogP contribution is 2.23. The molecule has 0 amide bonds. The van der Waals surface area contributed by atoms with Gasteiger partial charge < -0.3 is 10.5 Å². The van der Waals surface area contributed by atoms with E-state index in [0.717, 1.165) is 0 Å². The molecule has 0 aliphatic rings. The van der Waals surface area contributed by atoms with Gasteiger partial charge in [-0.2, -0.15) is 5.26 Å². The van der Waals surface area contributed by atoms with Gasteiger partial charge in [-0.15, -0.1) is 0 Å². The van der Waals surface area contributed by atoms with Crippen LogP contribution < -0.4 is 5.73 Å². The Morgan fingerprint density at radius 3 is 2.75 bits per heavy atom. The van der Waals surface area contributed by atoms with E-state index >= 15 is 0 Å². The molecule has 0 heterocycles. The highest BCUT2D eigenvalue weighted by Gasteiger charge is 2.13. The Kier molecular flexibility index (Phi) is 4.24. The van der Waals surface area contributed by atoms with Gasteiger partial charge in [0.1, 0.15) is 6.61 Å². The number of benzene rings is 2. The summed E-state index contributed by atoms with van der Waals surface area (Å²) in [6, 6.07) is 13.7. The Morgan fingerprint density at radius 1 is 1.25 bits per heavy atom. The molecular formula is C15H11ClN2O2. The molecule has 0 aromatic heterocycles. The molecule has 0 spiro atoms. The van der Waals surface area contributed by atoms with E-state index < -0.39 is 5.97 Å². The number of rotatable bonds is 3. The fourth-order valence-corrected chi connectivity index (χ4v) is 1.87. The Morgan fingerprint density at radius 2 is 2.00 bits per heavy atom. The number of carbonyl (C=O) groups excluding carboxylic acids is 1. The molecule has 5 heteroatoms. The molecule has 0 atom stereocenters. The summed E-state index contributed by atoms with van der Waals surface area (Å²) in [5.74, 6) is -0.572. The molecule has 2 aromatic rings. The predicted octanol–water partition coefficient (Wildman–Crippen LogP) is 3.15. The molecule has 0 radical (unpaired) electrons. The lowest BCUT2D eigenvalue weighted by atomic mass is 10.1. The number of hydrogen-bond acceptors (Lipinski definition) is 4. The average molecular weight is 287 g/mol. The summed E-state index contributed by atoms with van der Waals surface area (Å²) < 4.78 is 5.16. The fourth-order valence-electron chi connectivity index (χ4n) is 1.69. The van der Waals surface area contributed by atoms with Crippen molar-refractivity contribution >= 4 is 23.3 Å². The second-order valence-electron chi connectivity index (χ2n) is 4.05. The third-order valence-electron chi connectivity index (χ3n) is 2.77. The second-order valence-corrected chi connectivity index (χ2v) is 4.45. The number of esters is 1. The Labute approximate surface area is 121 Å². The summed E-state index contributed by atoms with van der Waals surface area (Å²) in [5, 5.41) is 9.26. The maximum atomic E-state index is 11.9. The Hall–Kier alpha value is -2.51. The van der Waals surface area contributed by atoms with E-state index in [4.69, 9.17) is 27.3 Å². The topological polar surface area (TPSA) is 76.1 Å². The minimum Gasteiger partial charge on any atom is -0.457 e. The molecule has 2 N–H and O–H groups in total. The molecule has 2 aromatic carbocycles. The van der Waals surface area contributed by atoms with Gasteiger partial charge in [-0.25, -0.2) is 4.79 Å². The average Bonchev–Trinajstić information content (AvgIpc) is 2.48. The van der Waals surface area contributed by atoms with Crippen molar-refractivity contribution in [2.75, 3.05) is 5.73 Å². The van der Waals surface area contributed by atoms with Crippen molar-refractivity contribution in [3.05, 3.63) is 64.2 Å². The van der Waals surface area contributed by atoms with Gasteiger partial charge in [0.2, 0.25) is 0 Å². The van der Waals surface area contributed by atoms with Crippen LogP contribution in [0.15, 0.2) is 42.5 Å². The van der Waals surface area contributed by atoms with Crippen molar-refractivity contribution in [3.8, 4) is 6.07 Å². The number of ether oxygens (including phenoxy) is 1. The van der Waals surface area contributed by atoms with Crippen LogP contribution in [0.3, 0.4) is 0 Å². The monoisotopic (exact) mass is 286 g/mol. The largest absolute Gasteiger partial charge is 0.457 e. The van der Waals surface area contributed by atoms with Gasteiger partial charge in [-0.1, -0.05) is 35.9 Å². The zero-order valence-corrected chi connectivity index (χ0v) is 11.2. The van der Waals surface area contributed by atoms with E-state index in [1.807, 2.05) is 6.07 Å². The molecule has 0 aliphatic heterocycles. The molecule has 0 aliphatic carbocycles. The second kappa shape index (κ2) is 6.09. The first-order chi connectivity index (χ1) is 9.63. The fraction of sp³-hybridized carbons (Fsp3) is 0.0667. The molecule has 100 valence electrons. The lowest BCUT2D eigenvalue weighted by Crippen LogP contribution is -2.09. The normalized spacial score (nSPS) is 9.80.